The molecule has 0 saturated carbocycles. The van der Waals surface area contributed by atoms with Gasteiger partial charge in [-0.05, 0) is 60.5 Å². The van der Waals surface area contributed by atoms with E-state index < -0.39 is 71.7 Å². The van der Waals surface area contributed by atoms with Crippen LogP contribution >= 0.6 is 0 Å². The zero-order valence-electron chi connectivity index (χ0n) is 23.9. The minimum absolute atomic E-state index is 0.00340. The monoisotopic (exact) mass is 649 g/mol. The molecule has 4 atom stereocenters. The van der Waals surface area contributed by atoms with Crippen LogP contribution in [0.4, 0.5) is 35.5 Å². The molecule has 13 heteroatoms. The SMILES string of the molecule is CC(OC[C@@]1(c2ccc(F)cc2)C(O)O[C@H](c2ccccc2)N1C(=O)Oc1ccccc1)c1cc(C(F)(F)F)cc(C(F)(F)F)c1. The average molecular weight is 650 g/mol. The fourth-order valence-corrected chi connectivity index (χ4v) is 5.17. The number of halogens is 7. The molecule has 1 amide bonds. The maximum Gasteiger partial charge on any atom is 0.418 e. The van der Waals surface area contributed by atoms with Gasteiger partial charge in [0.25, 0.3) is 0 Å². The second kappa shape index (κ2) is 12.7. The smallest absolute Gasteiger partial charge is 0.410 e. The first kappa shape index (κ1) is 32.9. The number of ether oxygens (including phenoxy) is 3. The molecule has 2 unspecified atom stereocenters. The molecule has 1 saturated heterocycles. The molecule has 0 aromatic heterocycles. The zero-order valence-corrected chi connectivity index (χ0v) is 23.9. The van der Waals surface area contributed by atoms with Crippen molar-refractivity contribution >= 4 is 6.09 Å². The van der Waals surface area contributed by atoms with E-state index in [-0.39, 0.29) is 17.4 Å². The van der Waals surface area contributed by atoms with Gasteiger partial charge in [0.15, 0.2) is 12.5 Å². The molecule has 4 aromatic rings. The summed E-state index contributed by atoms with van der Waals surface area (Å²) in [7, 11) is 0. The third-order valence-electron chi connectivity index (χ3n) is 7.54. The third-order valence-corrected chi connectivity index (χ3v) is 7.54. The Labute approximate surface area is 258 Å². The second-order valence-corrected chi connectivity index (χ2v) is 10.5. The molecule has 1 N–H and O–H groups in total. The van der Waals surface area contributed by atoms with Crippen molar-refractivity contribution in [2.24, 2.45) is 0 Å². The molecular formula is C33H26F7NO5. The van der Waals surface area contributed by atoms with Crippen molar-refractivity contribution in [2.75, 3.05) is 6.61 Å². The van der Waals surface area contributed by atoms with Gasteiger partial charge in [-0.2, -0.15) is 26.3 Å². The number of hydrogen-bond donors (Lipinski definition) is 1. The van der Waals surface area contributed by atoms with Crippen LogP contribution in [-0.4, -0.2) is 29.0 Å². The lowest BCUT2D eigenvalue weighted by Gasteiger charge is -2.40. The molecule has 1 aliphatic rings. The van der Waals surface area contributed by atoms with Gasteiger partial charge in [0.05, 0.1) is 23.8 Å². The summed E-state index contributed by atoms with van der Waals surface area (Å²) in [5, 5.41) is 11.5. The number of rotatable bonds is 7. The summed E-state index contributed by atoms with van der Waals surface area (Å²) >= 11 is 0. The molecule has 0 bridgehead atoms. The number of hydrogen-bond acceptors (Lipinski definition) is 5. The van der Waals surface area contributed by atoms with Crippen molar-refractivity contribution in [3.8, 4) is 5.75 Å². The molecule has 1 fully saturated rings. The maximum absolute atomic E-state index is 14.1. The number of para-hydroxylation sites is 1. The molecule has 0 radical (unpaired) electrons. The van der Waals surface area contributed by atoms with Gasteiger partial charge in [0.1, 0.15) is 17.1 Å². The maximum atomic E-state index is 14.1. The zero-order chi connectivity index (χ0) is 33.3. The van der Waals surface area contributed by atoms with Crippen LogP contribution < -0.4 is 4.74 Å². The van der Waals surface area contributed by atoms with Crippen LogP contribution in [0.25, 0.3) is 0 Å². The summed E-state index contributed by atoms with van der Waals surface area (Å²) in [6.07, 6.45) is -15.9. The lowest BCUT2D eigenvalue weighted by atomic mass is 9.88. The van der Waals surface area contributed by atoms with E-state index in [1.54, 1.807) is 48.5 Å². The van der Waals surface area contributed by atoms with Gasteiger partial charge in [-0.3, -0.25) is 4.90 Å². The Kier molecular flexibility index (Phi) is 9.12. The van der Waals surface area contributed by atoms with E-state index in [0.717, 1.165) is 17.0 Å². The van der Waals surface area contributed by atoms with Gasteiger partial charge in [0, 0.05) is 5.56 Å². The Hall–Kier alpha value is -4.46. The lowest BCUT2D eigenvalue weighted by Crippen LogP contribution is -2.55. The van der Waals surface area contributed by atoms with E-state index in [4.69, 9.17) is 14.2 Å². The quantitative estimate of drug-likeness (QED) is 0.204. The van der Waals surface area contributed by atoms with Crippen molar-refractivity contribution < 1.29 is 54.8 Å². The summed E-state index contributed by atoms with van der Waals surface area (Å²) < 4.78 is 113. The van der Waals surface area contributed by atoms with Crippen molar-refractivity contribution in [2.45, 2.75) is 43.4 Å². The van der Waals surface area contributed by atoms with Crippen LogP contribution in [-0.2, 0) is 27.4 Å². The number of carbonyl (C=O) groups is 1. The number of nitrogens with zero attached hydrogens (tertiary/aromatic N) is 1. The summed E-state index contributed by atoms with van der Waals surface area (Å²) in [6, 6.07) is 21.7. The minimum Gasteiger partial charge on any atom is -0.410 e. The van der Waals surface area contributed by atoms with E-state index in [1.165, 1.54) is 31.2 Å². The normalized spacial score (nSPS) is 20.8. The highest BCUT2D eigenvalue weighted by atomic mass is 19.4. The molecule has 1 aliphatic heterocycles. The molecule has 5 rings (SSSR count). The van der Waals surface area contributed by atoms with E-state index >= 15 is 0 Å². The van der Waals surface area contributed by atoms with Crippen LogP contribution in [0.15, 0.2) is 103 Å². The Balaban J connectivity index is 1.60. The first-order valence-electron chi connectivity index (χ1n) is 13.8. The third kappa shape index (κ3) is 6.71. The largest absolute Gasteiger partial charge is 0.418 e. The van der Waals surface area contributed by atoms with Crippen molar-refractivity contribution in [3.63, 3.8) is 0 Å². The topological polar surface area (TPSA) is 68.2 Å². The highest BCUT2D eigenvalue weighted by Crippen LogP contribution is 2.48. The highest BCUT2D eigenvalue weighted by Gasteiger charge is 2.59. The van der Waals surface area contributed by atoms with E-state index in [1.807, 2.05) is 0 Å². The van der Waals surface area contributed by atoms with Crippen LogP contribution in [0.3, 0.4) is 0 Å². The highest BCUT2D eigenvalue weighted by molar-refractivity contribution is 5.73. The van der Waals surface area contributed by atoms with Gasteiger partial charge in [-0.1, -0.05) is 60.7 Å². The molecule has 46 heavy (non-hydrogen) atoms. The number of alkyl halides is 6. The van der Waals surface area contributed by atoms with Crippen LogP contribution in [0.5, 0.6) is 5.75 Å². The Morgan fingerprint density at radius 1 is 0.870 bits per heavy atom. The first-order chi connectivity index (χ1) is 21.7. The Morgan fingerprint density at radius 3 is 1.96 bits per heavy atom. The molecule has 242 valence electrons. The lowest BCUT2D eigenvalue weighted by molar-refractivity contribution is -0.143. The van der Waals surface area contributed by atoms with E-state index in [2.05, 4.69) is 0 Å². The van der Waals surface area contributed by atoms with Crippen molar-refractivity contribution in [1.82, 2.24) is 4.90 Å². The molecular weight excluding hydrogens is 623 g/mol. The van der Waals surface area contributed by atoms with Crippen LogP contribution in [0.2, 0.25) is 0 Å². The molecule has 4 aromatic carbocycles. The molecule has 6 nitrogen and oxygen atoms in total. The number of aliphatic hydroxyl groups excluding tert-OH is 1. The van der Waals surface area contributed by atoms with Gasteiger partial charge in [0.2, 0.25) is 0 Å². The standard InChI is InChI=1S/C33H26F7NO5/c1-20(22-16-24(32(35,36)37)18-25(17-22)33(38,39)40)44-19-31(23-12-14-26(34)15-13-23)29(42)46-28(21-8-4-2-5-9-21)41(31)30(43)45-27-10-6-3-7-11-27/h2-18,20,28-29,42H,19H2,1H3/t20?,28-,29?,31-/m1/s1. The van der Waals surface area contributed by atoms with Gasteiger partial charge in [-0.25, -0.2) is 9.18 Å². The summed E-state index contributed by atoms with van der Waals surface area (Å²) in [5.74, 6) is -0.546. The van der Waals surface area contributed by atoms with E-state index in [9.17, 15) is 40.6 Å². The number of amides is 1. The minimum atomic E-state index is -5.10. The summed E-state index contributed by atoms with van der Waals surface area (Å²) in [4.78, 5) is 15.0. The average Bonchev–Trinajstić information content (AvgIpc) is 3.32. The number of aliphatic hydroxyl groups is 1. The number of carbonyl (C=O) groups excluding carboxylic acids is 1. The fourth-order valence-electron chi connectivity index (χ4n) is 5.17. The first-order valence-corrected chi connectivity index (χ1v) is 13.8. The molecule has 0 spiro atoms. The number of benzene rings is 4. The van der Waals surface area contributed by atoms with Crippen molar-refractivity contribution in [1.29, 1.82) is 0 Å². The molecule has 1 heterocycles. The molecule has 0 aliphatic carbocycles. The van der Waals surface area contributed by atoms with Crippen LogP contribution in [0.1, 0.15) is 47.1 Å². The van der Waals surface area contributed by atoms with E-state index in [0.29, 0.717) is 17.7 Å². The van der Waals surface area contributed by atoms with Gasteiger partial charge >= 0.3 is 18.4 Å². The predicted octanol–water partition coefficient (Wildman–Crippen LogP) is 8.38. The summed E-state index contributed by atoms with van der Waals surface area (Å²) in [6.45, 7) is 0.489. The van der Waals surface area contributed by atoms with Crippen molar-refractivity contribution in [3.05, 3.63) is 137 Å². The second-order valence-electron chi connectivity index (χ2n) is 10.5. The predicted molar refractivity (Wildman–Crippen MR) is 149 cm³/mol. The Morgan fingerprint density at radius 2 is 1.41 bits per heavy atom. The fraction of sp³-hybridized carbons (Fsp3) is 0.242. The van der Waals surface area contributed by atoms with Gasteiger partial charge in [-0.15, -0.1) is 0 Å². The Bertz CT molecular complexity index is 1620. The van der Waals surface area contributed by atoms with Crippen LogP contribution in [0, 0.1) is 5.82 Å². The van der Waals surface area contributed by atoms with Gasteiger partial charge < -0.3 is 19.3 Å². The summed E-state index contributed by atoms with van der Waals surface area (Å²) in [5.41, 5.74) is -5.12.